The molecule has 4 rings (SSSR count). The molecule has 0 radical (unpaired) electrons. The number of amides is 2. The van der Waals surface area contributed by atoms with Gasteiger partial charge in [-0.25, -0.2) is 0 Å². The van der Waals surface area contributed by atoms with Crippen LogP contribution in [0.1, 0.15) is 34.0 Å². The Balaban J connectivity index is 1.50. The summed E-state index contributed by atoms with van der Waals surface area (Å²) in [5.74, 6) is 0.233. The standard InChI is InChI=1S/C27H22Cl2N2O4S2/c1-3-34-23-12-17(8-11-22(23)35-15-18-9-10-19(28)14-21(18)29)13-24-26(33)31(27(36)37-24)30-25(32)20-7-5-4-6-16(20)2/h4-14H,3,15H2,1-2H3,(H,30,32)/b24-13-. The van der Waals surface area contributed by atoms with Gasteiger partial charge >= 0.3 is 0 Å². The van der Waals surface area contributed by atoms with Crippen molar-refractivity contribution in [2.45, 2.75) is 20.5 Å². The predicted molar refractivity (Wildman–Crippen MR) is 152 cm³/mol. The summed E-state index contributed by atoms with van der Waals surface area (Å²) < 4.78 is 12.0. The van der Waals surface area contributed by atoms with Crippen LogP contribution in [0, 0.1) is 6.92 Å². The van der Waals surface area contributed by atoms with E-state index in [-0.39, 0.29) is 10.9 Å². The van der Waals surface area contributed by atoms with Crippen LogP contribution in [0.25, 0.3) is 6.08 Å². The van der Waals surface area contributed by atoms with Gasteiger partial charge in [0.15, 0.2) is 15.8 Å². The summed E-state index contributed by atoms with van der Waals surface area (Å²) in [5, 5.41) is 2.16. The number of nitrogens with one attached hydrogen (secondary N) is 1. The van der Waals surface area contributed by atoms with Gasteiger partial charge in [0.05, 0.1) is 11.5 Å². The first-order valence-electron chi connectivity index (χ1n) is 11.2. The topological polar surface area (TPSA) is 67.9 Å². The summed E-state index contributed by atoms with van der Waals surface area (Å²) >= 11 is 18.7. The number of ether oxygens (including phenoxy) is 2. The monoisotopic (exact) mass is 572 g/mol. The third-order valence-electron chi connectivity index (χ3n) is 5.36. The van der Waals surface area contributed by atoms with Gasteiger partial charge in [0.2, 0.25) is 0 Å². The van der Waals surface area contributed by atoms with Gasteiger partial charge in [-0.2, -0.15) is 5.01 Å². The number of rotatable bonds is 8. The Bertz CT molecular complexity index is 1410. The lowest BCUT2D eigenvalue weighted by Gasteiger charge is -2.16. The van der Waals surface area contributed by atoms with Gasteiger partial charge in [0.1, 0.15) is 6.61 Å². The van der Waals surface area contributed by atoms with Gasteiger partial charge < -0.3 is 9.47 Å². The minimum absolute atomic E-state index is 0.231. The van der Waals surface area contributed by atoms with Crippen molar-refractivity contribution < 1.29 is 19.1 Å². The normalized spacial score (nSPS) is 14.3. The second kappa shape index (κ2) is 12.0. The second-order valence-electron chi connectivity index (χ2n) is 7.94. The molecule has 0 bridgehead atoms. The van der Waals surface area contributed by atoms with Crippen molar-refractivity contribution in [3.63, 3.8) is 0 Å². The fraction of sp³-hybridized carbons (Fsp3) is 0.148. The average Bonchev–Trinajstić information content (AvgIpc) is 3.12. The van der Waals surface area contributed by atoms with Gasteiger partial charge in [-0.05, 0) is 73.6 Å². The molecule has 0 spiro atoms. The Morgan fingerprint density at radius 2 is 1.86 bits per heavy atom. The Labute approximate surface area is 234 Å². The molecule has 190 valence electrons. The molecule has 3 aromatic carbocycles. The third kappa shape index (κ3) is 6.45. The summed E-state index contributed by atoms with van der Waals surface area (Å²) in [5.41, 5.74) is 5.38. The van der Waals surface area contributed by atoms with Crippen molar-refractivity contribution in [2.75, 3.05) is 6.61 Å². The predicted octanol–water partition coefficient (Wildman–Crippen LogP) is 6.83. The molecule has 1 fully saturated rings. The van der Waals surface area contributed by atoms with Crippen LogP contribution in [-0.2, 0) is 11.4 Å². The molecular formula is C27H22Cl2N2O4S2. The summed E-state index contributed by atoms with van der Waals surface area (Å²) in [7, 11) is 0. The van der Waals surface area contributed by atoms with Gasteiger partial charge in [0, 0.05) is 21.2 Å². The SMILES string of the molecule is CCOc1cc(/C=C2\SC(=S)N(NC(=O)c3ccccc3C)C2=O)ccc1OCc1ccc(Cl)cc1Cl. The second-order valence-corrected chi connectivity index (χ2v) is 10.5. The van der Waals surface area contributed by atoms with E-state index >= 15 is 0 Å². The van der Waals surface area contributed by atoms with Crippen LogP contribution in [0.5, 0.6) is 11.5 Å². The Morgan fingerprint density at radius 3 is 2.59 bits per heavy atom. The Morgan fingerprint density at radius 1 is 1.08 bits per heavy atom. The maximum atomic E-state index is 13.0. The molecule has 0 atom stereocenters. The van der Waals surface area contributed by atoms with Crippen molar-refractivity contribution >= 4 is 69.4 Å². The molecule has 0 saturated carbocycles. The number of thiocarbonyl (C=S) groups is 1. The highest BCUT2D eigenvalue weighted by Gasteiger charge is 2.34. The highest BCUT2D eigenvalue weighted by molar-refractivity contribution is 8.26. The zero-order valence-electron chi connectivity index (χ0n) is 19.9. The smallest absolute Gasteiger partial charge is 0.285 e. The van der Waals surface area contributed by atoms with Crippen molar-refractivity contribution in [1.82, 2.24) is 10.4 Å². The average molecular weight is 574 g/mol. The lowest BCUT2D eigenvalue weighted by molar-refractivity contribution is -0.123. The van der Waals surface area contributed by atoms with E-state index < -0.39 is 11.8 Å². The quantitative estimate of drug-likeness (QED) is 0.236. The molecule has 10 heteroatoms. The van der Waals surface area contributed by atoms with Crippen LogP contribution < -0.4 is 14.9 Å². The zero-order valence-corrected chi connectivity index (χ0v) is 23.1. The lowest BCUT2D eigenvalue weighted by atomic mass is 10.1. The minimum atomic E-state index is -0.410. The first-order valence-corrected chi connectivity index (χ1v) is 13.2. The number of thioether (sulfide) groups is 1. The first-order chi connectivity index (χ1) is 17.8. The molecule has 0 aromatic heterocycles. The molecule has 1 N–H and O–H groups in total. The van der Waals surface area contributed by atoms with Crippen LogP contribution in [0.2, 0.25) is 10.0 Å². The fourth-order valence-corrected chi connectivity index (χ4v) is 5.14. The summed E-state index contributed by atoms with van der Waals surface area (Å²) in [6.45, 7) is 4.35. The van der Waals surface area contributed by atoms with E-state index in [0.717, 1.165) is 27.9 Å². The molecule has 37 heavy (non-hydrogen) atoms. The van der Waals surface area contributed by atoms with E-state index in [9.17, 15) is 9.59 Å². The number of halogens is 2. The number of carbonyl (C=O) groups excluding carboxylic acids is 2. The molecule has 6 nitrogen and oxygen atoms in total. The summed E-state index contributed by atoms with van der Waals surface area (Å²) in [6.07, 6.45) is 1.70. The van der Waals surface area contributed by atoms with E-state index in [1.54, 1.807) is 54.6 Å². The van der Waals surface area contributed by atoms with E-state index in [1.165, 1.54) is 0 Å². The Kier molecular flexibility index (Phi) is 8.76. The molecule has 1 aliphatic heterocycles. The summed E-state index contributed by atoms with van der Waals surface area (Å²) in [4.78, 5) is 26.1. The van der Waals surface area contributed by atoms with Crippen molar-refractivity contribution in [3.05, 3.63) is 97.9 Å². The molecule has 0 aliphatic carbocycles. The molecule has 1 heterocycles. The first kappa shape index (κ1) is 27.0. The maximum absolute atomic E-state index is 13.0. The van der Waals surface area contributed by atoms with E-state index in [4.69, 9.17) is 44.9 Å². The minimum Gasteiger partial charge on any atom is -0.490 e. The van der Waals surface area contributed by atoms with E-state index in [1.807, 2.05) is 26.0 Å². The van der Waals surface area contributed by atoms with Crippen LogP contribution >= 0.6 is 47.2 Å². The van der Waals surface area contributed by atoms with Gasteiger partial charge in [-0.15, -0.1) is 0 Å². The number of benzene rings is 3. The van der Waals surface area contributed by atoms with Crippen molar-refractivity contribution in [2.24, 2.45) is 0 Å². The van der Waals surface area contributed by atoms with Crippen molar-refractivity contribution in [3.8, 4) is 11.5 Å². The Hall–Kier alpha value is -3.04. The van der Waals surface area contributed by atoms with Crippen LogP contribution in [0.3, 0.4) is 0 Å². The maximum Gasteiger partial charge on any atom is 0.285 e. The number of nitrogens with zero attached hydrogens (tertiary/aromatic N) is 1. The van der Waals surface area contributed by atoms with Crippen LogP contribution in [0.4, 0.5) is 0 Å². The molecule has 1 aliphatic rings. The third-order valence-corrected chi connectivity index (χ3v) is 7.25. The molecule has 0 unspecified atom stereocenters. The van der Waals surface area contributed by atoms with Gasteiger partial charge in [-0.3, -0.25) is 15.0 Å². The number of hydrogen-bond acceptors (Lipinski definition) is 6. The number of aryl methyl sites for hydroxylation is 1. The van der Waals surface area contributed by atoms with Crippen LogP contribution in [0.15, 0.2) is 65.6 Å². The highest BCUT2D eigenvalue weighted by Crippen LogP contribution is 2.35. The fourth-order valence-electron chi connectivity index (χ4n) is 3.50. The lowest BCUT2D eigenvalue weighted by Crippen LogP contribution is -2.45. The van der Waals surface area contributed by atoms with E-state index in [2.05, 4.69) is 5.43 Å². The number of hydrazine groups is 1. The number of hydrogen-bond donors (Lipinski definition) is 1. The molecule has 2 amide bonds. The van der Waals surface area contributed by atoms with E-state index in [0.29, 0.717) is 44.2 Å². The molecule has 1 saturated heterocycles. The number of carbonyl (C=O) groups is 2. The molecular weight excluding hydrogens is 551 g/mol. The van der Waals surface area contributed by atoms with Gasteiger partial charge in [-0.1, -0.05) is 65.3 Å². The molecule has 3 aromatic rings. The van der Waals surface area contributed by atoms with Crippen LogP contribution in [-0.4, -0.2) is 27.8 Å². The zero-order chi connectivity index (χ0) is 26.5. The summed E-state index contributed by atoms with van der Waals surface area (Å²) in [6, 6.07) is 17.7. The highest BCUT2D eigenvalue weighted by atomic mass is 35.5. The van der Waals surface area contributed by atoms with Gasteiger partial charge in [0.25, 0.3) is 11.8 Å². The largest absolute Gasteiger partial charge is 0.490 e. The van der Waals surface area contributed by atoms with Crippen molar-refractivity contribution in [1.29, 1.82) is 0 Å².